The van der Waals surface area contributed by atoms with Gasteiger partial charge in [0.05, 0.1) is 11.9 Å². The van der Waals surface area contributed by atoms with Crippen LogP contribution in [0, 0.1) is 13.8 Å². The Labute approximate surface area is 214 Å². The van der Waals surface area contributed by atoms with E-state index in [-0.39, 0.29) is 18.5 Å². The van der Waals surface area contributed by atoms with Crippen LogP contribution >= 0.6 is 11.6 Å². The molecule has 2 rings (SSSR count). The average molecular weight is 522 g/mol. The van der Waals surface area contributed by atoms with Gasteiger partial charge in [0.2, 0.25) is 21.8 Å². The first kappa shape index (κ1) is 28.7. The Balaban J connectivity index is 2.50. The van der Waals surface area contributed by atoms with Gasteiger partial charge in [-0.15, -0.1) is 0 Å². The molecule has 0 fully saturated rings. The van der Waals surface area contributed by atoms with Gasteiger partial charge in [-0.2, -0.15) is 0 Å². The number of benzene rings is 2. The zero-order valence-corrected chi connectivity index (χ0v) is 22.9. The highest BCUT2D eigenvalue weighted by atomic mass is 35.5. The molecule has 1 N–H and O–H groups in total. The summed E-state index contributed by atoms with van der Waals surface area (Å²) in [6.07, 6.45) is 2.19. The second-order valence-corrected chi connectivity index (χ2v) is 11.2. The smallest absolute Gasteiger partial charge is 0.244 e. The Kier molecular flexibility index (Phi) is 10.2. The number of rotatable bonds is 11. The lowest BCUT2D eigenvalue weighted by Crippen LogP contribution is -2.53. The molecule has 0 radical (unpaired) electrons. The van der Waals surface area contributed by atoms with Crippen molar-refractivity contribution < 1.29 is 18.0 Å². The fraction of sp³-hybridized carbons (Fsp3) is 0.462. The normalized spacial score (nSPS) is 13.1. The topological polar surface area (TPSA) is 86.8 Å². The molecule has 0 aliphatic heterocycles. The number of nitrogens with zero attached hydrogens (tertiary/aromatic N) is 2. The number of nitrogens with one attached hydrogen (secondary N) is 1. The quantitative estimate of drug-likeness (QED) is 0.473. The maximum Gasteiger partial charge on any atom is 0.244 e. The lowest BCUT2D eigenvalue weighted by Gasteiger charge is -2.34. The first-order valence-electron chi connectivity index (χ1n) is 11.8. The number of aryl methyl sites for hydroxylation is 2. The summed E-state index contributed by atoms with van der Waals surface area (Å²) in [7, 11) is -3.82. The van der Waals surface area contributed by atoms with Gasteiger partial charge in [-0.25, -0.2) is 8.42 Å². The lowest BCUT2D eigenvalue weighted by molar-refractivity contribution is -0.140. The zero-order chi connectivity index (χ0) is 26.3. The molecule has 9 heteroatoms. The van der Waals surface area contributed by atoms with Crippen molar-refractivity contribution in [3.8, 4) is 0 Å². The van der Waals surface area contributed by atoms with Crippen LogP contribution < -0.4 is 9.62 Å². The number of carbonyl (C=O) groups excluding carboxylic acids is 2. The highest BCUT2D eigenvalue weighted by molar-refractivity contribution is 7.92. The number of sulfonamides is 1. The van der Waals surface area contributed by atoms with Crippen LogP contribution in [0.25, 0.3) is 0 Å². The minimum atomic E-state index is -3.82. The Bertz CT molecular complexity index is 1150. The lowest BCUT2D eigenvalue weighted by atomic mass is 10.1. The molecule has 0 heterocycles. The van der Waals surface area contributed by atoms with Gasteiger partial charge in [-0.1, -0.05) is 55.8 Å². The van der Waals surface area contributed by atoms with Gasteiger partial charge in [0.25, 0.3) is 0 Å². The third kappa shape index (κ3) is 7.70. The van der Waals surface area contributed by atoms with Crippen molar-refractivity contribution in [3.05, 3.63) is 64.2 Å². The Hall–Kier alpha value is -2.58. The van der Waals surface area contributed by atoms with Crippen LogP contribution in [0.3, 0.4) is 0 Å². The first-order chi connectivity index (χ1) is 16.4. The van der Waals surface area contributed by atoms with Crippen LogP contribution in [0.5, 0.6) is 0 Å². The van der Waals surface area contributed by atoms with Gasteiger partial charge >= 0.3 is 0 Å². The van der Waals surface area contributed by atoms with Crippen molar-refractivity contribution in [2.45, 2.75) is 66.1 Å². The van der Waals surface area contributed by atoms with Crippen LogP contribution in [0.15, 0.2) is 42.5 Å². The van der Waals surface area contributed by atoms with Crippen molar-refractivity contribution in [3.63, 3.8) is 0 Å². The van der Waals surface area contributed by atoms with Crippen LogP contribution in [0.4, 0.5) is 5.69 Å². The Morgan fingerprint density at radius 1 is 1.03 bits per heavy atom. The Morgan fingerprint density at radius 2 is 1.69 bits per heavy atom. The van der Waals surface area contributed by atoms with E-state index in [1.165, 1.54) is 11.0 Å². The van der Waals surface area contributed by atoms with Crippen molar-refractivity contribution in [1.82, 2.24) is 10.2 Å². The van der Waals surface area contributed by atoms with Gasteiger partial charge in [-0.05, 0) is 62.4 Å². The molecule has 0 bridgehead atoms. The van der Waals surface area contributed by atoms with E-state index in [2.05, 4.69) is 5.32 Å². The molecule has 0 saturated carbocycles. The zero-order valence-electron chi connectivity index (χ0n) is 21.3. The van der Waals surface area contributed by atoms with Crippen molar-refractivity contribution in [2.75, 3.05) is 17.1 Å². The maximum atomic E-state index is 13.8. The van der Waals surface area contributed by atoms with Crippen molar-refractivity contribution >= 4 is 39.1 Å². The SMILES string of the molecule is CC[C@@H](C)NC(=O)[C@@H](CC)N(Cc1ccccc1C)C(=O)CN(c1cc(Cl)ccc1C)S(C)(=O)=O. The molecule has 192 valence electrons. The summed E-state index contributed by atoms with van der Waals surface area (Å²) < 4.78 is 26.6. The molecule has 2 amide bonds. The summed E-state index contributed by atoms with van der Waals surface area (Å²) in [4.78, 5) is 28.4. The van der Waals surface area contributed by atoms with Gasteiger partial charge in [0.15, 0.2) is 0 Å². The number of amides is 2. The standard InChI is InChI=1S/C26H36ClN3O4S/c1-7-20(5)28-26(32)23(8-2)29(16-21-12-10-9-11-18(21)3)25(31)17-30(35(6,33)34)24-15-22(27)14-13-19(24)4/h9-15,20,23H,7-8,16-17H2,1-6H3,(H,28,32)/t20-,23-/m1/s1. The summed E-state index contributed by atoms with van der Waals surface area (Å²) in [5.74, 6) is -0.724. The average Bonchev–Trinajstić information content (AvgIpc) is 2.79. The van der Waals surface area contributed by atoms with E-state index in [0.717, 1.165) is 28.1 Å². The second kappa shape index (κ2) is 12.4. The van der Waals surface area contributed by atoms with Gasteiger partial charge in [-0.3, -0.25) is 13.9 Å². The van der Waals surface area contributed by atoms with Crippen molar-refractivity contribution in [2.24, 2.45) is 0 Å². The summed E-state index contributed by atoms with van der Waals surface area (Å²) >= 11 is 6.14. The molecule has 7 nitrogen and oxygen atoms in total. The monoisotopic (exact) mass is 521 g/mol. The molecule has 35 heavy (non-hydrogen) atoms. The van der Waals surface area contributed by atoms with E-state index in [0.29, 0.717) is 22.7 Å². The van der Waals surface area contributed by atoms with Gasteiger partial charge < -0.3 is 10.2 Å². The molecule has 0 unspecified atom stereocenters. The number of carbonyl (C=O) groups is 2. The van der Waals surface area contributed by atoms with Crippen molar-refractivity contribution in [1.29, 1.82) is 0 Å². The van der Waals surface area contributed by atoms with Gasteiger partial charge in [0.1, 0.15) is 12.6 Å². The van der Waals surface area contributed by atoms with E-state index < -0.39 is 28.5 Å². The fourth-order valence-electron chi connectivity index (χ4n) is 3.78. The number of hydrogen-bond acceptors (Lipinski definition) is 4. The van der Waals surface area contributed by atoms with Gasteiger partial charge in [0, 0.05) is 17.6 Å². The van der Waals surface area contributed by atoms with Crippen LogP contribution in [-0.2, 0) is 26.2 Å². The number of anilines is 1. The van der Waals surface area contributed by atoms with E-state index >= 15 is 0 Å². The molecule has 0 aliphatic carbocycles. The predicted molar refractivity (Wildman–Crippen MR) is 142 cm³/mol. The highest BCUT2D eigenvalue weighted by Crippen LogP contribution is 2.27. The molecule has 0 aliphatic rings. The molecule has 2 aromatic rings. The number of hydrogen-bond donors (Lipinski definition) is 1. The fourth-order valence-corrected chi connectivity index (χ4v) is 4.84. The maximum absolute atomic E-state index is 13.8. The van der Waals surface area contributed by atoms with Crippen LogP contribution in [-0.4, -0.2) is 50.0 Å². The van der Waals surface area contributed by atoms with E-state index in [4.69, 9.17) is 11.6 Å². The third-order valence-electron chi connectivity index (χ3n) is 6.11. The van der Waals surface area contributed by atoms with Crippen LogP contribution in [0.2, 0.25) is 5.02 Å². The summed E-state index contributed by atoms with van der Waals surface area (Å²) in [6.45, 7) is 9.16. The summed E-state index contributed by atoms with van der Waals surface area (Å²) in [5.41, 5.74) is 2.87. The summed E-state index contributed by atoms with van der Waals surface area (Å²) in [6, 6.07) is 11.7. The van der Waals surface area contributed by atoms with E-state index in [1.807, 2.05) is 52.0 Å². The molecular formula is C26H36ClN3O4S. The summed E-state index contributed by atoms with van der Waals surface area (Å²) in [5, 5.41) is 3.33. The molecule has 0 saturated heterocycles. The predicted octanol–water partition coefficient (Wildman–Crippen LogP) is 4.44. The van der Waals surface area contributed by atoms with E-state index in [1.54, 1.807) is 19.1 Å². The second-order valence-electron chi connectivity index (χ2n) is 8.89. The minimum Gasteiger partial charge on any atom is -0.352 e. The van der Waals surface area contributed by atoms with Crippen LogP contribution in [0.1, 0.15) is 50.3 Å². The molecule has 2 aromatic carbocycles. The third-order valence-corrected chi connectivity index (χ3v) is 7.47. The minimum absolute atomic E-state index is 0.0476. The molecular weight excluding hydrogens is 486 g/mol. The molecule has 0 spiro atoms. The molecule has 2 atom stereocenters. The van der Waals surface area contributed by atoms with E-state index in [9.17, 15) is 18.0 Å². The molecule has 0 aromatic heterocycles. The Morgan fingerprint density at radius 3 is 2.26 bits per heavy atom. The largest absolute Gasteiger partial charge is 0.352 e. The number of halogens is 1. The highest BCUT2D eigenvalue weighted by Gasteiger charge is 2.32. The first-order valence-corrected chi connectivity index (χ1v) is 14.0.